The van der Waals surface area contributed by atoms with Crippen molar-refractivity contribution in [3.63, 3.8) is 0 Å². The summed E-state index contributed by atoms with van der Waals surface area (Å²) < 4.78 is 5.05. The van der Waals surface area contributed by atoms with Gasteiger partial charge in [-0.2, -0.15) is 0 Å². The Bertz CT molecular complexity index is 835. The highest BCUT2D eigenvalue weighted by molar-refractivity contribution is 5.92. The lowest BCUT2D eigenvalue weighted by Gasteiger charge is -2.34. The number of carbonyl (C=O) groups excluding carboxylic acids is 2. The molecule has 8 heteroatoms. The van der Waals surface area contributed by atoms with Crippen LogP contribution < -0.4 is 10.2 Å². The van der Waals surface area contributed by atoms with Crippen LogP contribution >= 0.6 is 0 Å². The summed E-state index contributed by atoms with van der Waals surface area (Å²) in [6.07, 6.45) is 0.468. The van der Waals surface area contributed by atoms with E-state index in [-0.39, 0.29) is 12.0 Å². The average molecular weight is 397 g/mol. The number of hydrogen-bond donors (Lipinski definition) is 1. The maximum atomic E-state index is 12.5. The van der Waals surface area contributed by atoms with E-state index in [1.807, 2.05) is 42.2 Å². The van der Waals surface area contributed by atoms with Gasteiger partial charge < -0.3 is 19.9 Å². The molecule has 1 saturated heterocycles. The minimum atomic E-state index is -0.296. The number of piperazine rings is 1. The van der Waals surface area contributed by atoms with Crippen LogP contribution in [0.25, 0.3) is 0 Å². The number of carbonyl (C=O) groups is 2. The second-order valence-electron chi connectivity index (χ2n) is 6.86. The van der Waals surface area contributed by atoms with Crippen molar-refractivity contribution in [1.29, 1.82) is 0 Å². The molecular weight excluding hydrogens is 370 g/mol. The van der Waals surface area contributed by atoms with Crippen molar-refractivity contribution in [2.24, 2.45) is 0 Å². The van der Waals surface area contributed by atoms with Crippen LogP contribution in [-0.4, -0.2) is 66.2 Å². The molecule has 1 aromatic heterocycles. The number of nitrogens with one attached hydrogen (secondary N) is 1. The van der Waals surface area contributed by atoms with Gasteiger partial charge in [0.2, 0.25) is 5.95 Å². The summed E-state index contributed by atoms with van der Waals surface area (Å²) in [7, 11) is 0. The maximum Gasteiger partial charge on any atom is 0.409 e. The molecule has 1 N–H and O–H groups in total. The summed E-state index contributed by atoms with van der Waals surface area (Å²) >= 11 is 0. The number of nitrogens with zero attached hydrogens (tertiary/aromatic N) is 4. The van der Waals surface area contributed by atoms with Crippen molar-refractivity contribution < 1.29 is 14.3 Å². The molecule has 8 nitrogen and oxygen atoms in total. The first-order valence-electron chi connectivity index (χ1n) is 9.91. The van der Waals surface area contributed by atoms with E-state index >= 15 is 0 Å². The van der Waals surface area contributed by atoms with Gasteiger partial charge in [0.1, 0.15) is 5.69 Å². The van der Waals surface area contributed by atoms with Crippen LogP contribution in [0.1, 0.15) is 28.7 Å². The lowest BCUT2D eigenvalue weighted by atomic mass is 10.1. The fourth-order valence-electron chi connectivity index (χ4n) is 3.17. The fraction of sp³-hybridized carbons (Fsp3) is 0.429. The Kier molecular flexibility index (Phi) is 6.99. The highest BCUT2D eigenvalue weighted by atomic mass is 16.6. The van der Waals surface area contributed by atoms with E-state index < -0.39 is 0 Å². The molecule has 1 fully saturated rings. The Labute approximate surface area is 170 Å². The SMILES string of the molecule is CCOC(=O)N1CCN(c2nc(C)cc(C(=O)NCCc3ccccc3)n2)CC1. The molecular formula is C21H27N5O3. The zero-order chi connectivity index (χ0) is 20.6. The van der Waals surface area contributed by atoms with Crippen molar-refractivity contribution in [1.82, 2.24) is 20.2 Å². The number of amides is 2. The first-order chi connectivity index (χ1) is 14.1. The minimum Gasteiger partial charge on any atom is -0.450 e. The van der Waals surface area contributed by atoms with E-state index in [0.29, 0.717) is 51.0 Å². The highest BCUT2D eigenvalue weighted by Gasteiger charge is 2.24. The van der Waals surface area contributed by atoms with Crippen molar-refractivity contribution >= 4 is 17.9 Å². The van der Waals surface area contributed by atoms with E-state index in [1.165, 1.54) is 5.56 Å². The molecule has 0 radical (unpaired) electrons. The Morgan fingerprint density at radius 1 is 1.10 bits per heavy atom. The van der Waals surface area contributed by atoms with E-state index in [2.05, 4.69) is 15.3 Å². The Balaban J connectivity index is 1.58. The van der Waals surface area contributed by atoms with Crippen LogP contribution in [0.3, 0.4) is 0 Å². The zero-order valence-electron chi connectivity index (χ0n) is 16.9. The van der Waals surface area contributed by atoms with Gasteiger partial charge in [-0.05, 0) is 31.9 Å². The maximum absolute atomic E-state index is 12.5. The number of aromatic nitrogens is 2. The van der Waals surface area contributed by atoms with Gasteiger partial charge in [0.15, 0.2) is 0 Å². The Morgan fingerprint density at radius 3 is 2.52 bits per heavy atom. The molecule has 0 saturated carbocycles. The van der Waals surface area contributed by atoms with Crippen LogP contribution in [0, 0.1) is 6.92 Å². The molecule has 2 aromatic rings. The van der Waals surface area contributed by atoms with Crippen LogP contribution in [0.5, 0.6) is 0 Å². The topological polar surface area (TPSA) is 87.7 Å². The summed E-state index contributed by atoms with van der Waals surface area (Å²) in [5, 5.41) is 2.92. The van der Waals surface area contributed by atoms with Gasteiger partial charge in [-0.3, -0.25) is 4.79 Å². The molecule has 0 atom stereocenters. The van der Waals surface area contributed by atoms with Gasteiger partial charge in [0.25, 0.3) is 5.91 Å². The van der Waals surface area contributed by atoms with E-state index in [1.54, 1.807) is 17.9 Å². The quantitative estimate of drug-likeness (QED) is 0.803. The zero-order valence-corrected chi connectivity index (χ0v) is 16.9. The third kappa shape index (κ3) is 5.66. The molecule has 1 aliphatic heterocycles. The van der Waals surface area contributed by atoms with Crippen LogP contribution in [0.4, 0.5) is 10.7 Å². The predicted octanol–water partition coefficient (Wildman–Crippen LogP) is 2.04. The largest absolute Gasteiger partial charge is 0.450 e. The number of anilines is 1. The third-order valence-corrected chi connectivity index (χ3v) is 4.71. The average Bonchev–Trinajstić information content (AvgIpc) is 2.74. The molecule has 0 unspecified atom stereocenters. The highest BCUT2D eigenvalue weighted by Crippen LogP contribution is 2.14. The van der Waals surface area contributed by atoms with Gasteiger partial charge in [0.05, 0.1) is 6.61 Å². The molecule has 0 spiro atoms. The monoisotopic (exact) mass is 397 g/mol. The van der Waals surface area contributed by atoms with Crippen molar-refractivity contribution in [2.45, 2.75) is 20.3 Å². The molecule has 0 aliphatic carbocycles. The normalized spacial score (nSPS) is 13.9. The second-order valence-corrected chi connectivity index (χ2v) is 6.86. The summed E-state index contributed by atoms with van der Waals surface area (Å²) in [4.78, 5) is 37.0. The number of aryl methyl sites for hydroxylation is 1. The molecule has 1 aliphatic rings. The number of rotatable bonds is 6. The molecule has 2 heterocycles. The smallest absolute Gasteiger partial charge is 0.409 e. The van der Waals surface area contributed by atoms with Crippen LogP contribution in [0.2, 0.25) is 0 Å². The first kappa shape index (κ1) is 20.6. The number of ether oxygens (including phenoxy) is 1. The molecule has 154 valence electrons. The third-order valence-electron chi connectivity index (χ3n) is 4.71. The van der Waals surface area contributed by atoms with E-state index in [4.69, 9.17) is 4.74 Å². The summed E-state index contributed by atoms with van der Waals surface area (Å²) in [6.45, 7) is 6.81. The van der Waals surface area contributed by atoms with Crippen LogP contribution in [0.15, 0.2) is 36.4 Å². The van der Waals surface area contributed by atoms with Crippen molar-refractivity contribution in [3.05, 3.63) is 53.3 Å². The molecule has 29 heavy (non-hydrogen) atoms. The Morgan fingerprint density at radius 2 is 1.83 bits per heavy atom. The minimum absolute atomic E-state index is 0.210. The summed E-state index contributed by atoms with van der Waals surface area (Å²) in [6, 6.07) is 11.7. The van der Waals surface area contributed by atoms with Gasteiger partial charge in [-0.25, -0.2) is 14.8 Å². The number of hydrogen-bond acceptors (Lipinski definition) is 6. The van der Waals surface area contributed by atoms with E-state index in [9.17, 15) is 9.59 Å². The molecule has 1 aromatic carbocycles. The standard InChI is InChI=1S/C21H27N5O3/c1-3-29-21(28)26-13-11-25(12-14-26)20-23-16(2)15-18(24-20)19(27)22-10-9-17-7-5-4-6-8-17/h4-8,15H,3,9-14H2,1-2H3,(H,22,27). The van der Waals surface area contributed by atoms with Crippen LogP contribution in [-0.2, 0) is 11.2 Å². The predicted molar refractivity (Wildman–Crippen MR) is 110 cm³/mol. The second kappa shape index (κ2) is 9.86. The van der Waals surface area contributed by atoms with Crippen molar-refractivity contribution in [3.8, 4) is 0 Å². The summed E-state index contributed by atoms with van der Waals surface area (Å²) in [5.74, 6) is 0.305. The molecule has 0 bridgehead atoms. The summed E-state index contributed by atoms with van der Waals surface area (Å²) in [5.41, 5.74) is 2.26. The molecule has 3 rings (SSSR count). The van der Waals surface area contributed by atoms with Gasteiger partial charge >= 0.3 is 6.09 Å². The van der Waals surface area contributed by atoms with E-state index in [0.717, 1.165) is 12.1 Å². The van der Waals surface area contributed by atoms with Gasteiger partial charge in [0, 0.05) is 38.4 Å². The first-order valence-corrected chi connectivity index (χ1v) is 9.91. The fourth-order valence-corrected chi connectivity index (χ4v) is 3.17. The lowest BCUT2D eigenvalue weighted by Crippen LogP contribution is -2.49. The molecule has 2 amide bonds. The van der Waals surface area contributed by atoms with Crippen molar-refractivity contribution in [2.75, 3.05) is 44.2 Å². The number of benzene rings is 1. The Hall–Kier alpha value is -3.16. The lowest BCUT2D eigenvalue weighted by molar-refractivity contribution is 0.0949. The van der Waals surface area contributed by atoms with Gasteiger partial charge in [-0.1, -0.05) is 30.3 Å². The van der Waals surface area contributed by atoms with Gasteiger partial charge in [-0.15, -0.1) is 0 Å².